The van der Waals surface area contributed by atoms with Gasteiger partial charge in [-0.3, -0.25) is 0 Å². The van der Waals surface area contributed by atoms with Gasteiger partial charge in [-0.15, -0.1) is 0 Å². The highest BCUT2D eigenvalue weighted by Crippen LogP contribution is 2.10. The van der Waals surface area contributed by atoms with E-state index in [1.54, 1.807) is 0 Å². The summed E-state index contributed by atoms with van der Waals surface area (Å²) < 4.78 is 7.96. The number of rotatable bonds is 10. The van der Waals surface area contributed by atoms with Gasteiger partial charge in [-0.05, 0) is 32.3 Å². The first-order valence-corrected chi connectivity index (χ1v) is 8.26. The molecule has 1 aromatic heterocycles. The summed E-state index contributed by atoms with van der Waals surface area (Å²) in [6.45, 7) is 10.4. The van der Waals surface area contributed by atoms with E-state index in [1.807, 2.05) is 0 Å². The lowest BCUT2D eigenvalue weighted by atomic mass is 10.1. The molecule has 0 aliphatic heterocycles. The molecule has 0 radical (unpaired) electrons. The second-order valence-corrected chi connectivity index (χ2v) is 5.76. The first-order valence-electron chi connectivity index (χ1n) is 8.26. The van der Waals surface area contributed by atoms with Crippen molar-refractivity contribution < 1.29 is 9.30 Å². The molecular formula is C18H32NO+. The molecule has 0 saturated carbocycles. The van der Waals surface area contributed by atoms with Crippen LogP contribution in [0.1, 0.15) is 69.1 Å². The molecule has 1 aromatic rings. The molecule has 0 bridgehead atoms. The molecule has 0 atom stereocenters. The predicted octanol–water partition coefficient (Wildman–Crippen LogP) is 4.49. The van der Waals surface area contributed by atoms with Gasteiger partial charge in [0.15, 0.2) is 12.4 Å². The van der Waals surface area contributed by atoms with Crippen LogP contribution in [0.5, 0.6) is 0 Å². The highest BCUT2D eigenvalue weighted by atomic mass is 16.5. The minimum atomic E-state index is 0.684. The van der Waals surface area contributed by atoms with Crippen LogP contribution in [-0.2, 0) is 17.9 Å². The van der Waals surface area contributed by atoms with E-state index in [4.69, 9.17) is 4.74 Å². The zero-order valence-corrected chi connectivity index (χ0v) is 13.9. The maximum atomic E-state index is 5.78. The summed E-state index contributed by atoms with van der Waals surface area (Å²) in [4.78, 5) is 0. The van der Waals surface area contributed by atoms with E-state index in [2.05, 4.69) is 44.7 Å². The van der Waals surface area contributed by atoms with Crippen molar-refractivity contribution in [3.8, 4) is 0 Å². The van der Waals surface area contributed by atoms with Crippen LogP contribution >= 0.6 is 0 Å². The molecule has 1 rings (SSSR count). The van der Waals surface area contributed by atoms with Crippen molar-refractivity contribution in [2.75, 3.05) is 6.61 Å². The van der Waals surface area contributed by atoms with Gasteiger partial charge in [-0.25, -0.2) is 0 Å². The van der Waals surface area contributed by atoms with Gasteiger partial charge in [0, 0.05) is 11.1 Å². The molecule has 0 spiro atoms. The SMILES string of the molecule is CCCCCCCCOC[n+]1cc(C)c(C)c(CC)c1. The van der Waals surface area contributed by atoms with Crippen molar-refractivity contribution in [1.29, 1.82) is 0 Å². The van der Waals surface area contributed by atoms with Gasteiger partial charge in [0.2, 0.25) is 0 Å². The molecule has 0 unspecified atom stereocenters. The first kappa shape index (κ1) is 17.2. The maximum Gasteiger partial charge on any atom is 0.252 e. The number of pyridine rings is 1. The Labute approximate surface area is 125 Å². The van der Waals surface area contributed by atoms with E-state index in [-0.39, 0.29) is 0 Å². The highest BCUT2D eigenvalue weighted by Gasteiger charge is 2.08. The molecule has 2 heteroatoms. The zero-order valence-electron chi connectivity index (χ0n) is 13.9. The average Bonchev–Trinajstić information content (AvgIpc) is 2.45. The van der Waals surface area contributed by atoms with Gasteiger partial charge in [-0.1, -0.05) is 46.0 Å². The predicted molar refractivity (Wildman–Crippen MR) is 84.8 cm³/mol. The molecule has 0 N–H and O–H groups in total. The van der Waals surface area contributed by atoms with Crippen molar-refractivity contribution in [2.24, 2.45) is 0 Å². The average molecular weight is 278 g/mol. The van der Waals surface area contributed by atoms with Gasteiger partial charge < -0.3 is 4.74 Å². The second-order valence-electron chi connectivity index (χ2n) is 5.76. The molecule has 0 aliphatic carbocycles. The van der Waals surface area contributed by atoms with Crippen molar-refractivity contribution in [2.45, 2.75) is 79.4 Å². The zero-order chi connectivity index (χ0) is 14.8. The van der Waals surface area contributed by atoms with Crippen LogP contribution in [0.4, 0.5) is 0 Å². The summed E-state index contributed by atoms with van der Waals surface area (Å²) in [5.41, 5.74) is 4.19. The molecule has 0 amide bonds. The molecule has 20 heavy (non-hydrogen) atoms. The smallest absolute Gasteiger partial charge is 0.252 e. The number of unbranched alkanes of at least 4 members (excludes halogenated alkanes) is 5. The third-order valence-corrected chi connectivity index (χ3v) is 4.02. The van der Waals surface area contributed by atoms with Gasteiger partial charge in [0.1, 0.15) is 0 Å². The van der Waals surface area contributed by atoms with E-state index in [1.165, 1.54) is 55.2 Å². The number of hydrogen-bond acceptors (Lipinski definition) is 1. The summed E-state index contributed by atoms with van der Waals surface area (Å²) in [6, 6.07) is 0. The van der Waals surface area contributed by atoms with Crippen LogP contribution in [0.2, 0.25) is 0 Å². The largest absolute Gasteiger partial charge is 0.323 e. The van der Waals surface area contributed by atoms with Crippen LogP contribution in [0, 0.1) is 13.8 Å². The Balaban J connectivity index is 2.24. The Bertz CT molecular complexity index is 387. The van der Waals surface area contributed by atoms with Gasteiger partial charge in [0.05, 0.1) is 6.61 Å². The first-order chi connectivity index (χ1) is 9.69. The summed E-state index contributed by atoms with van der Waals surface area (Å²) in [5.74, 6) is 0. The standard InChI is InChI=1S/C18H32NO/c1-5-7-8-9-10-11-12-20-15-19-13-16(3)17(4)18(6-2)14-19/h13-14H,5-12,15H2,1-4H3/q+1. The fraction of sp³-hybridized carbons (Fsp3) is 0.722. The van der Waals surface area contributed by atoms with Crippen LogP contribution in [0.25, 0.3) is 0 Å². The second kappa shape index (κ2) is 9.93. The number of hydrogen-bond donors (Lipinski definition) is 0. The van der Waals surface area contributed by atoms with E-state index < -0.39 is 0 Å². The lowest BCUT2D eigenvalue weighted by Gasteiger charge is -2.06. The lowest BCUT2D eigenvalue weighted by Crippen LogP contribution is -2.36. The Morgan fingerprint density at radius 1 is 0.950 bits per heavy atom. The molecule has 0 fully saturated rings. The van der Waals surface area contributed by atoms with Crippen molar-refractivity contribution >= 4 is 0 Å². The minimum absolute atomic E-state index is 0.684. The minimum Gasteiger partial charge on any atom is -0.323 e. The summed E-state index contributed by atoms with van der Waals surface area (Å²) >= 11 is 0. The maximum absolute atomic E-state index is 5.78. The molecule has 1 heterocycles. The number of nitrogens with zero attached hydrogens (tertiary/aromatic N) is 1. The van der Waals surface area contributed by atoms with Crippen LogP contribution in [-0.4, -0.2) is 6.61 Å². The lowest BCUT2D eigenvalue weighted by molar-refractivity contribution is -0.733. The van der Waals surface area contributed by atoms with E-state index in [0.717, 1.165) is 13.0 Å². The van der Waals surface area contributed by atoms with E-state index in [0.29, 0.717) is 6.73 Å². The Morgan fingerprint density at radius 2 is 1.65 bits per heavy atom. The Hall–Kier alpha value is -0.890. The third kappa shape index (κ3) is 6.04. The van der Waals surface area contributed by atoms with Crippen molar-refractivity contribution in [3.63, 3.8) is 0 Å². The molecule has 114 valence electrons. The molecule has 0 aliphatic rings. The topological polar surface area (TPSA) is 13.1 Å². The van der Waals surface area contributed by atoms with Crippen LogP contribution in [0.3, 0.4) is 0 Å². The molecule has 2 nitrogen and oxygen atoms in total. The molecule has 0 aromatic carbocycles. The molecule has 0 saturated heterocycles. The van der Waals surface area contributed by atoms with Crippen LogP contribution < -0.4 is 4.57 Å². The quantitative estimate of drug-likeness (QED) is 0.454. The Morgan fingerprint density at radius 3 is 2.35 bits per heavy atom. The molecular weight excluding hydrogens is 246 g/mol. The van der Waals surface area contributed by atoms with E-state index >= 15 is 0 Å². The summed E-state index contributed by atoms with van der Waals surface area (Å²) in [5, 5.41) is 0. The van der Waals surface area contributed by atoms with Gasteiger partial charge in [0.25, 0.3) is 6.73 Å². The van der Waals surface area contributed by atoms with Gasteiger partial charge in [-0.2, -0.15) is 4.57 Å². The number of aryl methyl sites for hydroxylation is 2. The monoisotopic (exact) mass is 278 g/mol. The summed E-state index contributed by atoms with van der Waals surface area (Å²) in [7, 11) is 0. The normalized spacial score (nSPS) is 11.0. The van der Waals surface area contributed by atoms with Crippen molar-refractivity contribution in [3.05, 3.63) is 29.1 Å². The number of aromatic nitrogens is 1. The third-order valence-electron chi connectivity index (χ3n) is 4.02. The number of ether oxygens (including phenoxy) is 1. The van der Waals surface area contributed by atoms with E-state index in [9.17, 15) is 0 Å². The fourth-order valence-corrected chi connectivity index (χ4v) is 2.52. The van der Waals surface area contributed by atoms with Crippen molar-refractivity contribution in [1.82, 2.24) is 0 Å². The van der Waals surface area contributed by atoms with Gasteiger partial charge >= 0.3 is 0 Å². The summed E-state index contributed by atoms with van der Waals surface area (Å²) in [6.07, 6.45) is 13.4. The highest BCUT2D eigenvalue weighted by molar-refractivity contribution is 5.26. The fourth-order valence-electron chi connectivity index (χ4n) is 2.52. The van der Waals surface area contributed by atoms with Crippen LogP contribution in [0.15, 0.2) is 12.4 Å². The Kier molecular flexibility index (Phi) is 8.52.